The standard InChI is InChI=1S/Ag.2S.W. The summed E-state index contributed by atoms with van der Waals surface area (Å²) >= 11 is -0.583. The predicted octanol–water partition coefficient (Wildman–Crippen LogP) is 1.29. The molecule has 0 heterocycles. The van der Waals surface area contributed by atoms with Gasteiger partial charge in [-0.25, -0.2) is 0 Å². The number of hydrogen-bond donors (Lipinski definition) is 0. The normalized spacial score (nSPS) is 3.00. The van der Waals surface area contributed by atoms with E-state index in [0.717, 1.165) is 0 Å². The molecule has 0 N–H and O–H groups in total. The first-order valence-corrected chi connectivity index (χ1v) is 8.19. The van der Waals surface area contributed by atoms with Crippen LogP contribution in [0.2, 0.25) is 0 Å². The minimum atomic E-state index is -0.583. The average Bonchev–Trinajstić information content (AvgIpc) is 0.918. The van der Waals surface area contributed by atoms with Crippen LogP contribution in [-0.2, 0) is 37.3 Å². The third kappa shape index (κ3) is 9.12. The molecule has 0 saturated carbocycles. The molecule has 0 bridgehead atoms. The second kappa shape index (κ2) is 8.85. The Kier molecular flexibility index (Phi) is 20.6. The van der Waals surface area contributed by atoms with E-state index in [0.29, 0.717) is 0 Å². The van der Waals surface area contributed by atoms with Gasteiger partial charge in [-0.1, -0.05) is 0 Å². The van der Waals surface area contributed by atoms with E-state index in [2.05, 4.69) is 19.6 Å². The van der Waals surface area contributed by atoms with E-state index < -0.39 is 14.9 Å². The molecule has 0 unspecified atom stereocenters. The van der Waals surface area contributed by atoms with Crippen molar-refractivity contribution in [2.45, 2.75) is 0 Å². The topological polar surface area (TPSA) is 0 Å². The van der Waals surface area contributed by atoms with Gasteiger partial charge in [0.2, 0.25) is 0 Å². The zero-order valence-corrected chi connectivity index (χ0v) is 7.57. The molecule has 0 fully saturated rings. The van der Waals surface area contributed by atoms with E-state index in [-0.39, 0.29) is 22.4 Å². The molecule has 0 aromatic rings. The Bertz CT molecular complexity index is 27.0. The Labute approximate surface area is 56.3 Å². The molecule has 4 heavy (non-hydrogen) atoms. The molecule has 0 spiro atoms. The van der Waals surface area contributed by atoms with Crippen molar-refractivity contribution in [1.82, 2.24) is 0 Å². The van der Waals surface area contributed by atoms with Crippen molar-refractivity contribution < 1.29 is 37.3 Å². The van der Waals surface area contributed by atoms with Crippen molar-refractivity contribution in [1.29, 1.82) is 0 Å². The van der Waals surface area contributed by atoms with Gasteiger partial charge in [-0.05, 0) is 0 Å². The van der Waals surface area contributed by atoms with Crippen molar-refractivity contribution >= 4 is 19.6 Å². The summed E-state index contributed by atoms with van der Waals surface area (Å²) in [6.45, 7) is 0. The van der Waals surface area contributed by atoms with Gasteiger partial charge in [-0.2, -0.15) is 0 Å². The third-order valence-corrected chi connectivity index (χ3v) is 0. The van der Waals surface area contributed by atoms with Gasteiger partial charge in [0, 0.05) is 22.4 Å². The van der Waals surface area contributed by atoms with Gasteiger partial charge in [0.25, 0.3) is 0 Å². The van der Waals surface area contributed by atoms with Gasteiger partial charge in [-0.3, -0.25) is 0 Å². The first-order valence-electron chi connectivity index (χ1n) is 0.333. The molecule has 0 aliphatic heterocycles. The van der Waals surface area contributed by atoms with Crippen molar-refractivity contribution in [3.63, 3.8) is 0 Å². The summed E-state index contributed by atoms with van der Waals surface area (Å²) in [6.07, 6.45) is 0. The summed E-state index contributed by atoms with van der Waals surface area (Å²) in [7, 11) is 8.75. The fourth-order valence-electron chi connectivity index (χ4n) is 0. The van der Waals surface area contributed by atoms with Gasteiger partial charge < -0.3 is 0 Å². The van der Waals surface area contributed by atoms with Crippen LogP contribution in [0.3, 0.4) is 0 Å². The first-order chi connectivity index (χ1) is 1.41. The molecule has 0 nitrogen and oxygen atoms in total. The SMILES string of the molecule is [Ag].[S]=[W]=[S]. The quantitative estimate of drug-likeness (QED) is 0.601. The molecule has 0 aliphatic carbocycles. The molecule has 29 valence electrons. The van der Waals surface area contributed by atoms with E-state index in [1.807, 2.05) is 0 Å². The summed E-state index contributed by atoms with van der Waals surface area (Å²) in [5.41, 5.74) is 0. The third-order valence-electron chi connectivity index (χ3n) is 0. The molecule has 0 saturated heterocycles. The van der Waals surface area contributed by atoms with Crippen LogP contribution in [0.5, 0.6) is 0 Å². The molecule has 4 heteroatoms. The van der Waals surface area contributed by atoms with E-state index >= 15 is 0 Å². The van der Waals surface area contributed by atoms with E-state index in [9.17, 15) is 0 Å². The Balaban J connectivity index is 0. The fraction of sp³-hybridized carbons (Fsp3) is 0. The van der Waals surface area contributed by atoms with Crippen LogP contribution in [-0.4, -0.2) is 0 Å². The first kappa shape index (κ1) is 9.29. The summed E-state index contributed by atoms with van der Waals surface area (Å²) in [4.78, 5) is 0. The van der Waals surface area contributed by atoms with Gasteiger partial charge in [0.15, 0.2) is 0 Å². The Morgan fingerprint density at radius 3 is 1.25 bits per heavy atom. The number of rotatable bonds is 0. The zero-order chi connectivity index (χ0) is 2.71. The maximum atomic E-state index is 4.38. The second-order valence-corrected chi connectivity index (χ2v) is 5.01. The van der Waals surface area contributed by atoms with Crippen LogP contribution < -0.4 is 0 Å². The monoisotopic (exact) mass is 355 g/mol. The Morgan fingerprint density at radius 1 is 1.25 bits per heavy atom. The fourth-order valence-corrected chi connectivity index (χ4v) is 0. The number of hydrogen-bond acceptors (Lipinski definition) is 2. The molecule has 0 aromatic heterocycles. The average molecular weight is 356 g/mol. The molecule has 0 aliphatic rings. The minimum absolute atomic E-state index is 0. The summed E-state index contributed by atoms with van der Waals surface area (Å²) < 4.78 is 0. The van der Waals surface area contributed by atoms with Crippen LogP contribution >= 0.6 is 19.6 Å². The van der Waals surface area contributed by atoms with Crippen LogP contribution in [0.25, 0.3) is 0 Å². The summed E-state index contributed by atoms with van der Waals surface area (Å²) in [5.74, 6) is 0. The Hall–Kier alpha value is 1.87. The van der Waals surface area contributed by atoms with Crippen molar-refractivity contribution in [3.05, 3.63) is 0 Å². The van der Waals surface area contributed by atoms with Crippen LogP contribution in [0.15, 0.2) is 0 Å². The van der Waals surface area contributed by atoms with Crippen LogP contribution in [0.4, 0.5) is 0 Å². The maximum absolute atomic E-state index is 4.38. The van der Waals surface area contributed by atoms with Crippen molar-refractivity contribution in [2.75, 3.05) is 0 Å². The zero-order valence-electron chi connectivity index (χ0n) is 1.53. The van der Waals surface area contributed by atoms with Crippen molar-refractivity contribution in [2.24, 2.45) is 0 Å². The van der Waals surface area contributed by atoms with Gasteiger partial charge in [0.05, 0.1) is 0 Å². The molecule has 0 amide bonds. The van der Waals surface area contributed by atoms with E-state index in [4.69, 9.17) is 0 Å². The molecule has 1 radical (unpaired) electrons. The van der Waals surface area contributed by atoms with Gasteiger partial charge >= 0.3 is 34.6 Å². The summed E-state index contributed by atoms with van der Waals surface area (Å²) in [6, 6.07) is 0. The Morgan fingerprint density at radius 2 is 1.25 bits per heavy atom. The summed E-state index contributed by atoms with van der Waals surface area (Å²) in [5, 5.41) is 0. The predicted molar refractivity (Wildman–Crippen MR) is 15.2 cm³/mol. The van der Waals surface area contributed by atoms with E-state index in [1.165, 1.54) is 0 Å². The van der Waals surface area contributed by atoms with Gasteiger partial charge in [-0.15, -0.1) is 0 Å². The van der Waals surface area contributed by atoms with Crippen LogP contribution in [0, 0.1) is 0 Å². The second-order valence-electron chi connectivity index (χ2n) is 0.0680. The van der Waals surface area contributed by atoms with Crippen molar-refractivity contribution in [3.8, 4) is 0 Å². The molecule has 0 aromatic carbocycles. The molecule has 0 rings (SSSR count). The molecule has 0 atom stereocenters. The van der Waals surface area contributed by atoms with Gasteiger partial charge in [0.1, 0.15) is 0 Å². The van der Waals surface area contributed by atoms with Crippen LogP contribution in [0.1, 0.15) is 0 Å². The molecular weight excluding hydrogens is 356 g/mol. The molecular formula is AgS2W. The van der Waals surface area contributed by atoms with E-state index in [1.54, 1.807) is 0 Å².